The molecule has 0 saturated heterocycles. The van der Waals surface area contributed by atoms with E-state index in [4.69, 9.17) is 9.47 Å². The van der Waals surface area contributed by atoms with Gasteiger partial charge >= 0.3 is 0 Å². The van der Waals surface area contributed by atoms with Crippen molar-refractivity contribution in [3.05, 3.63) is 188 Å². The van der Waals surface area contributed by atoms with Crippen LogP contribution in [-0.2, 0) is 25.8 Å². The molecule has 1 aliphatic carbocycles. The van der Waals surface area contributed by atoms with E-state index in [0.717, 1.165) is 113 Å². The summed E-state index contributed by atoms with van der Waals surface area (Å²) < 4.78 is 15.1. The van der Waals surface area contributed by atoms with E-state index < -0.39 is 0 Å². The van der Waals surface area contributed by atoms with Crippen LogP contribution in [-0.4, -0.2) is 42.0 Å². The summed E-state index contributed by atoms with van der Waals surface area (Å²) in [4.78, 5) is 0. The number of nitrogens with zero attached hydrogens (tertiary/aromatic N) is 2. The van der Waals surface area contributed by atoms with Crippen molar-refractivity contribution in [3.63, 3.8) is 0 Å². The molecule has 0 amide bonds. The van der Waals surface area contributed by atoms with Crippen LogP contribution in [0, 0.1) is 32.6 Å². The summed E-state index contributed by atoms with van der Waals surface area (Å²) in [7, 11) is 0. The zero-order chi connectivity index (χ0) is 45.3. The molecule has 2 unspecified atom stereocenters. The number of benzene rings is 8. The monoisotopic (exact) mass is 1050 g/mol. The molecule has 1 saturated carbocycles. The van der Waals surface area contributed by atoms with Gasteiger partial charge in [0, 0.05) is 82.5 Å². The zero-order valence-corrected chi connectivity index (χ0v) is 42.0. The number of fused-ring (bicyclic) bond motifs is 6. The van der Waals surface area contributed by atoms with Crippen LogP contribution in [0.4, 0.5) is 0 Å². The Labute approximate surface area is 411 Å². The Balaban J connectivity index is 0.00000185. The molecule has 7 heteroatoms. The van der Waals surface area contributed by atoms with Gasteiger partial charge in [-0.15, -0.1) is 0 Å². The molecule has 4 N–H and O–H groups in total. The van der Waals surface area contributed by atoms with Crippen LogP contribution in [0.2, 0.25) is 0 Å². The molecule has 1 aliphatic rings. The van der Waals surface area contributed by atoms with Gasteiger partial charge in [0.15, 0.2) is 13.2 Å². The first-order valence-electron chi connectivity index (χ1n) is 23.3. The van der Waals surface area contributed by atoms with E-state index in [1.807, 2.05) is 24.3 Å². The van der Waals surface area contributed by atoms with E-state index in [1.165, 1.54) is 12.8 Å². The Morgan fingerprint density at radius 2 is 0.761 bits per heavy atom. The number of hydrogen-bond donors (Lipinski definition) is 2. The number of ether oxygens (including phenoxy) is 2. The van der Waals surface area contributed by atoms with Crippen molar-refractivity contribution >= 4 is 43.6 Å². The molecular formula is C60H57HfN2O4+. The van der Waals surface area contributed by atoms with Gasteiger partial charge in [-0.05, 0) is 98.5 Å². The van der Waals surface area contributed by atoms with Crippen molar-refractivity contribution in [2.45, 2.75) is 46.5 Å². The fraction of sp³-hybridized carbons (Fsp3) is 0.183. The van der Waals surface area contributed by atoms with Gasteiger partial charge in [-0.2, -0.15) is 6.92 Å². The third-order valence-corrected chi connectivity index (χ3v) is 13.6. The van der Waals surface area contributed by atoms with Crippen LogP contribution in [0.1, 0.15) is 43.7 Å². The molecule has 6 nitrogen and oxygen atoms in total. The van der Waals surface area contributed by atoms with Crippen LogP contribution in [0.25, 0.3) is 77.2 Å². The largest absolute Gasteiger partial charge is 0.582 e. The number of phenolic OH excluding ortho intramolecular Hbond substituents is 2. The Hall–Kier alpha value is -6.57. The van der Waals surface area contributed by atoms with Crippen LogP contribution < -0.4 is 0 Å². The van der Waals surface area contributed by atoms with Crippen molar-refractivity contribution in [1.29, 1.82) is 0 Å². The fourth-order valence-electron chi connectivity index (χ4n) is 10.5. The van der Waals surface area contributed by atoms with E-state index in [1.54, 1.807) is 6.92 Å². The van der Waals surface area contributed by atoms with E-state index in [2.05, 4.69) is 175 Å². The minimum absolute atomic E-state index is 0. The van der Waals surface area contributed by atoms with Crippen LogP contribution >= 0.6 is 0 Å². The quantitative estimate of drug-likeness (QED) is 0.0813. The van der Waals surface area contributed by atoms with Crippen molar-refractivity contribution in [2.24, 2.45) is 11.8 Å². The smallest absolute Gasteiger partial charge is 0.262 e. The van der Waals surface area contributed by atoms with E-state index in [9.17, 15) is 10.2 Å². The van der Waals surface area contributed by atoms with Gasteiger partial charge in [-0.25, -0.2) is 0 Å². The Bertz CT molecular complexity index is 3050. The fourth-order valence-corrected chi connectivity index (χ4v) is 10.5. The van der Waals surface area contributed by atoms with E-state index in [-0.39, 0.29) is 37.3 Å². The maximum absolute atomic E-state index is 12.2. The first-order chi connectivity index (χ1) is 32.4. The number of rotatable bonds is 10. The van der Waals surface area contributed by atoms with Crippen LogP contribution in [0.3, 0.4) is 0 Å². The second-order valence-corrected chi connectivity index (χ2v) is 17.6. The maximum Gasteiger partial charge on any atom is 0.262 e. The summed E-state index contributed by atoms with van der Waals surface area (Å²) in [6, 6.07) is 58.4. The zero-order valence-electron chi connectivity index (χ0n) is 38.5. The normalized spacial score (nSPS) is 14.7. The summed E-state index contributed by atoms with van der Waals surface area (Å²) in [5.74, 6) is 3.00. The number of aromatic nitrogens is 2. The summed E-state index contributed by atoms with van der Waals surface area (Å²) in [5.41, 5.74) is 11.3. The molecule has 8 aromatic carbocycles. The van der Waals surface area contributed by atoms with E-state index >= 15 is 0 Å². The molecule has 0 aliphatic heterocycles. The molecule has 0 spiro atoms. The van der Waals surface area contributed by atoms with Gasteiger partial charge < -0.3 is 35.7 Å². The molecule has 0 radical (unpaired) electrons. The predicted molar refractivity (Wildman–Crippen MR) is 275 cm³/mol. The number of phenols is 2. The molecule has 0 bridgehead atoms. The predicted octanol–water partition coefficient (Wildman–Crippen LogP) is 15.1. The average molecular weight is 1050 g/mol. The molecule has 2 heterocycles. The van der Waals surface area contributed by atoms with Gasteiger partial charge in [0.2, 0.25) is 0 Å². The minimum atomic E-state index is 0. The summed E-state index contributed by atoms with van der Waals surface area (Å²) >= 11 is 0. The van der Waals surface area contributed by atoms with Crippen molar-refractivity contribution < 1.29 is 45.5 Å². The Morgan fingerprint density at radius 3 is 1.12 bits per heavy atom. The number of hydrogen-bond acceptors (Lipinski definition) is 2. The summed E-state index contributed by atoms with van der Waals surface area (Å²) in [5, 5.41) is 29.1. The third-order valence-electron chi connectivity index (χ3n) is 13.6. The molecule has 1 fully saturated rings. The molecular weight excluding hydrogens is 991 g/mol. The second-order valence-electron chi connectivity index (χ2n) is 17.6. The van der Waals surface area contributed by atoms with Gasteiger partial charge in [0.1, 0.15) is 11.5 Å². The van der Waals surface area contributed by atoms with Gasteiger partial charge in [0.05, 0.1) is 44.6 Å². The summed E-state index contributed by atoms with van der Waals surface area (Å²) in [6.45, 7) is 10.6. The van der Waals surface area contributed by atoms with Crippen molar-refractivity contribution in [1.82, 2.24) is 9.13 Å². The van der Waals surface area contributed by atoms with Crippen molar-refractivity contribution in [3.8, 4) is 56.6 Å². The summed E-state index contributed by atoms with van der Waals surface area (Å²) in [6.07, 6.45) is 4.56. The number of aromatic hydroxyl groups is 4. The topological polar surface area (TPSA) is 75.9 Å². The number of aliphatic hydroxyl groups is 2. The molecule has 334 valence electrons. The van der Waals surface area contributed by atoms with Gasteiger partial charge in [0.25, 0.3) is 11.5 Å². The van der Waals surface area contributed by atoms with Gasteiger partial charge in [-0.3, -0.25) is 0 Å². The number of para-hydroxylation sites is 6. The number of aryl methyl sites for hydroxylation is 2. The van der Waals surface area contributed by atoms with Gasteiger partial charge in [-0.1, -0.05) is 110 Å². The van der Waals surface area contributed by atoms with E-state index in [0.29, 0.717) is 25.0 Å². The minimum Gasteiger partial charge on any atom is -0.582 e. The average Bonchev–Trinajstić information content (AvgIpc) is 3.88. The third kappa shape index (κ3) is 8.44. The van der Waals surface area contributed by atoms with Crippen LogP contribution in [0.15, 0.2) is 170 Å². The van der Waals surface area contributed by atoms with Crippen LogP contribution in [0.5, 0.6) is 23.0 Å². The molecule has 10 aromatic rings. The molecule has 67 heavy (non-hydrogen) atoms. The second kappa shape index (κ2) is 19.7. The molecule has 2 atom stereocenters. The first kappa shape index (κ1) is 45.6. The maximum atomic E-state index is 12.2. The molecule has 2 aromatic heterocycles. The Kier molecular flexibility index (Phi) is 13.4. The van der Waals surface area contributed by atoms with Crippen molar-refractivity contribution in [2.75, 3.05) is 13.2 Å². The standard InChI is InChI=1S/C58H50N2O4.C2H5.Hf/c1-37-31-47(57(61)53(33-37)59-49-25-11-5-19-41(49)42-20-6-12-26-50(42)59)45-23-9-15-29-55(45)63-35-39-17-3-4-18-40(39)36-64-56-30-16-10-24-46(56)48-32-38(2)34-54(58(48)62)60-51-27-13-7-21-43(51)44-22-8-14-28-52(44)60;1-2;/h5-16,19-34,39-40,61-62H,3-4,17-18,35-36H2,1-2H3;1H2,2H3;/q;-1;/p+2. The SMILES string of the molecule is Cc1cc(-c2ccccc2[OH+]CC2CCCCC2C[OH+]c2ccccc2-c2cc(C)cc(-n3c4ccccc4c4ccccc43)c2O)c(O)c(-n2c3ccccc3c3ccccc32)c1.[CH2-]C.[Hf]. The Morgan fingerprint density at radius 1 is 0.448 bits per heavy atom. The molecule has 11 rings (SSSR count). The first-order valence-corrected chi connectivity index (χ1v) is 23.3.